The van der Waals surface area contributed by atoms with Gasteiger partial charge in [0.15, 0.2) is 24.0 Å². The monoisotopic (exact) mass is 410 g/mol. The van der Waals surface area contributed by atoms with Crippen molar-refractivity contribution in [2.45, 2.75) is 51.2 Å². The summed E-state index contributed by atoms with van der Waals surface area (Å²) in [5, 5.41) is 14.1. The molecule has 0 spiro atoms. The number of aromatic nitrogens is 2. The van der Waals surface area contributed by atoms with Crippen LogP contribution < -0.4 is 15.1 Å². The number of anilines is 3. The quantitative estimate of drug-likeness (QED) is 0.456. The van der Waals surface area contributed by atoms with Gasteiger partial charge >= 0.3 is 15.4 Å². The number of nitrogens with zero attached hydrogens (tertiary/aromatic N) is 4. The average molecular weight is 410 g/mol. The van der Waals surface area contributed by atoms with Gasteiger partial charge in [0.2, 0.25) is 0 Å². The fraction of sp³-hybridized carbons (Fsp3) is 0.750. The molecule has 0 aliphatic carbocycles. The van der Waals surface area contributed by atoms with Crippen molar-refractivity contribution >= 4 is 32.7 Å². The summed E-state index contributed by atoms with van der Waals surface area (Å²) in [5.41, 5.74) is 0.829. The first kappa shape index (κ1) is 20.1. The standard InChI is InChI=1S/C16H26BN5O5P/c1-3-5-21(6-4-2)14-11-15(19-8-18-14)22(9-20-11)16-12(23)13-10(26-16)7-25-28(17,24)27-13/h8,10,12-13,16,20,23-24H,3-7,9H2,1-2H3/q+1/t10?,12?,13-,16?,28?/m0/s1. The minimum Gasteiger partial charge on any atom is -0.385 e. The molecule has 4 rings (SSSR count). The Morgan fingerprint density at radius 3 is 2.82 bits per heavy atom. The largest absolute Gasteiger partial charge is 0.488 e. The molecule has 152 valence electrons. The van der Waals surface area contributed by atoms with Gasteiger partial charge in [0.05, 0.1) is 6.67 Å². The molecule has 1 aromatic heterocycles. The van der Waals surface area contributed by atoms with Crippen LogP contribution in [0, 0.1) is 0 Å². The summed E-state index contributed by atoms with van der Waals surface area (Å²) in [4.78, 5) is 22.9. The highest BCUT2D eigenvalue weighted by atomic mass is 31.2. The van der Waals surface area contributed by atoms with Gasteiger partial charge in [-0.1, -0.05) is 13.8 Å². The molecule has 2 saturated heterocycles. The van der Waals surface area contributed by atoms with Crippen molar-refractivity contribution in [1.82, 2.24) is 9.97 Å². The number of hydrogen-bond acceptors (Lipinski definition) is 10. The van der Waals surface area contributed by atoms with Crippen LogP contribution in [0.3, 0.4) is 0 Å². The normalized spacial score (nSPS) is 34.1. The Labute approximate surface area is 166 Å². The maximum Gasteiger partial charge on any atom is 0.488 e. The van der Waals surface area contributed by atoms with Crippen LogP contribution in [0.1, 0.15) is 26.7 Å². The van der Waals surface area contributed by atoms with Gasteiger partial charge in [-0.3, -0.25) is 0 Å². The molecule has 1 aromatic rings. The molecule has 4 unspecified atom stereocenters. The second-order valence-corrected chi connectivity index (χ2v) is 8.77. The van der Waals surface area contributed by atoms with Crippen LogP contribution in [0.5, 0.6) is 0 Å². The molecular weight excluding hydrogens is 384 g/mol. The Balaban J connectivity index is 1.58. The number of nitrogens with one attached hydrogen (secondary N) is 1. The van der Waals surface area contributed by atoms with Crippen LogP contribution in [0.15, 0.2) is 6.33 Å². The zero-order valence-electron chi connectivity index (χ0n) is 16.1. The topological polar surface area (TPSA) is 112 Å². The third kappa shape index (κ3) is 3.55. The van der Waals surface area contributed by atoms with Crippen LogP contribution in [0.2, 0.25) is 0 Å². The summed E-state index contributed by atoms with van der Waals surface area (Å²) in [6.07, 6.45) is 0.605. The molecular formula is C16H26BN5O5P+. The van der Waals surface area contributed by atoms with Crippen LogP contribution in [-0.2, 0) is 13.8 Å². The van der Waals surface area contributed by atoms with Gasteiger partial charge < -0.3 is 25.0 Å². The van der Waals surface area contributed by atoms with E-state index in [1.165, 1.54) is 6.33 Å². The van der Waals surface area contributed by atoms with E-state index in [4.69, 9.17) is 21.4 Å². The van der Waals surface area contributed by atoms with E-state index in [-0.39, 0.29) is 6.61 Å². The van der Waals surface area contributed by atoms with Crippen molar-refractivity contribution in [3.8, 4) is 0 Å². The maximum atomic E-state index is 10.8. The fourth-order valence-electron chi connectivity index (χ4n) is 3.92. The molecule has 0 aromatic carbocycles. The molecule has 3 aliphatic rings. The van der Waals surface area contributed by atoms with Gasteiger partial charge in [-0.25, -0.2) is 14.9 Å². The summed E-state index contributed by atoms with van der Waals surface area (Å²) in [7, 11) is 2.17. The lowest BCUT2D eigenvalue weighted by Crippen LogP contribution is -2.45. The van der Waals surface area contributed by atoms with E-state index in [9.17, 15) is 10.00 Å². The van der Waals surface area contributed by atoms with Crippen molar-refractivity contribution < 1.29 is 23.8 Å². The highest BCUT2D eigenvalue weighted by Gasteiger charge is 2.58. The molecule has 2 radical (unpaired) electrons. The van der Waals surface area contributed by atoms with Crippen LogP contribution in [0.4, 0.5) is 17.3 Å². The number of hydrogen-bond donors (Lipinski definition) is 3. The van der Waals surface area contributed by atoms with E-state index in [1.807, 2.05) is 4.90 Å². The molecule has 0 saturated carbocycles. The first-order valence-electron chi connectivity index (χ1n) is 9.62. The van der Waals surface area contributed by atoms with Gasteiger partial charge in [0.25, 0.3) is 0 Å². The van der Waals surface area contributed by atoms with E-state index in [2.05, 4.69) is 34.0 Å². The van der Waals surface area contributed by atoms with Crippen molar-refractivity contribution in [1.29, 1.82) is 0 Å². The first-order valence-corrected chi connectivity index (χ1v) is 11.3. The fourth-order valence-corrected chi connectivity index (χ4v) is 4.95. The zero-order chi connectivity index (χ0) is 19.9. The maximum absolute atomic E-state index is 10.8. The zero-order valence-corrected chi connectivity index (χ0v) is 17.0. The average Bonchev–Trinajstić information content (AvgIpc) is 3.22. The Hall–Kier alpha value is -1.23. The van der Waals surface area contributed by atoms with Crippen molar-refractivity contribution in [3.05, 3.63) is 6.33 Å². The predicted octanol–water partition coefficient (Wildman–Crippen LogP) is 0.632. The van der Waals surface area contributed by atoms with E-state index in [0.29, 0.717) is 12.5 Å². The Kier molecular flexibility index (Phi) is 5.65. The van der Waals surface area contributed by atoms with Gasteiger partial charge in [-0.05, 0) is 12.8 Å². The number of rotatable bonds is 6. The third-order valence-corrected chi connectivity index (χ3v) is 6.17. The van der Waals surface area contributed by atoms with E-state index < -0.39 is 32.4 Å². The Morgan fingerprint density at radius 2 is 2.11 bits per heavy atom. The predicted molar refractivity (Wildman–Crippen MR) is 106 cm³/mol. The summed E-state index contributed by atoms with van der Waals surface area (Å²) in [6, 6.07) is 0. The van der Waals surface area contributed by atoms with Gasteiger partial charge in [0, 0.05) is 13.1 Å². The molecule has 5 atom stereocenters. The first-order chi connectivity index (χ1) is 13.4. The molecule has 10 nitrogen and oxygen atoms in total. The second-order valence-electron chi connectivity index (χ2n) is 7.17. The molecule has 28 heavy (non-hydrogen) atoms. The SMILES string of the molecule is [B][P+]1(O)OCC2OC(N3CNc4c(N(CCC)CCC)ncnc43)C(O)[C@H]2O1. The summed E-state index contributed by atoms with van der Waals surface area (Å²) >= 11 is 0. The number of aliphatic hydroxyl groups excluding tert-OH is 1. The van der Waals surface area contributed by atoms with Crippen molar-refractivity contribution in [2.24, 2.45) is 0 Å². The minimum atomic E-state index is -3.41. The van der Waals surface area contributed by atoms with E-state index >= 15 is 0 Å². The van der Waals surface area contributed by atoms with Gasteiger partial charge in [-0.15, -0.1) is 0 Å². The lowest BCUT2D eigenvalue weighted by atomic mass is 10.1. The number of ether oxygens (including phenoxy) is 1. The molecule has 3 aliphatic heterocycles. The smallest absolute Gasteiger partial charge is 0.385 e. The van der Waals surface area contributed by atoms with Crippen LogP contribution >= 0.6 is 7.82 Å². The van der Waals surface area contributed by atoms with Gasteiger partial charge in [-0.2, -0.15) is 9.05 Å². The number of aliphatic hydroxyl groups is 1. The van der Waals surface area contributed by atoms with Crippen molar-refractivity contribution in [2.75, 3.05) is 41.5 Å². The highest BCUT2D eigenvalue weighted by molar-refractivity contribution is 7.85. The summed E-state index contributed by atoms with van der Waals surface area (Å²) in [5.74, 6) is 1.52. The molecule has 3 N–H and O–H groups in total. The molecule has 0 bridgehead atoms. The van der Waals surface area contributed by atoms with Crippen LogP contribution in [-0.4, -0.2) is 78.4 Å². The van der Waals surface area contributed by atoms with E-state index in [1.54, 1.807) is 0 Å². The molecule has 4 heterocycles. The molecule has 0 amide bonds. The second kappa shape index (κ2) is 7.89. The summed E-state index contributed by atoms with van der Waals surface area (Å²) < 4.78 is 16.5. The van der Waals surface area contributed by atoms with Gasteiger partial charge in [0.1, 0.15) is 30.8 Å². The lowest BCUT2D eigenvalue weighted by Gasteiger charge is -2.28. The third-order valence-electron chi connectivity index (χ3n) is 5.11. The number of fused-ring (bicyclic) bond motifs is 2. The van der Waals surface area contributed by atoms with Crippen molar-refractivity contribution in [3.63, 3.8) is 0 Å². The Bertz CT molecular complexity index is 710. The van der Waals surface area contributed by atoms with E-state index in [0.717, 1.165) is 37.4 Å². The molecule has 12 heteroatoms. The highest BCUT2D eigenvalue weighted by Crippen LogP contribution is 2.58. The minimum absolute atomic E-state index is 0.0724. The Morgan fingerprint density at radius 1 is 1.36 bits per heavy atom. The van der Waals surface area contributed by atoms with Crippen LogP contribution in [0.25, 0.3) is 0 Å². The molecule has 2 fully saturated rings. The summed E-state index contributed by atoms with van der Waals surface area (Å²) in [6.45, 7) is 6.56. The lowest BCUT2D eigenvalue weighted by molar-refractivity contribution is -0.0440.